The number of hydrogen-bond acceptors (Lipinski definition) is 2. The van der Waals surface area contributed by atoms with Crippen LogP contribution in [-0.4, -0.2) is 11.9 Å². The summed E-state index contributed by atoms with van der Waals surface area (Å²) in [5.74, 6) is 0.593. The molecule has 0 aliphatic heterocycles. The van der Waals surface area contributed by atoms with E-state index in [9.17, 15) is 4.79 Å². The largest absolute Gasteiger partial charge is 0.348 e. The first-order chi connectivity index (χ1) is 9.43. The van der Waals surface area contributed by atoms with Gasteiger partial charge in [0.25, 0.3) is 0 Å². The summed E-state index contributed by atoms with van der Waals surface area (Å²) in [5, 5.41) is 2.98. The summed E-state index contributed by atoms with van der Waals surface area (Å²) < 4.78 is 0. The van der Waals surface area contributed by atoms with Gasteiger partial charge in [-0.25, -0.2) is 0 Å². The predicted molar refractivity (Wildman–Crippen MR) is 91.7 cm³/mol. The lowest BCUT2D eigenvalue weighted by molar-refractivity contribution is -0.123. The molecule has 0 aliphatic carbocycles. The van der Waals surface area contributed by atoms with Crippen molar-refractivity contribution in [3.8, 4) is 0 Å². The van der Waals surface area contributed by atoms with E-state index in [0.717, 1.165) is 24.8 Å². The predicted octanol–water partition coefficient (Wildman–Crippen LogP) is 3.61. The second-order valence-electron chi connectivity index (χ2n) is 5.96. The summed E-state index contributed by atoms with van der Waals surface area (Å²) in [6.07, 6.45) is 2.74. The molecule has 0 saturated heterocycles. The lowest BCUT2D eigenvalue weighted by Crippen LogP contribution is -2.41. The Morgan fingerprint density at radius 2 is 1.76 bits per heavy atom. The Balaban J connectivity index is 0.00000400. The quantitative estimate of drug-likeness (QED) is 0.808. The van der Waals surface area contributed by atoms with Crippen LogP contribution in [0.2, 0.25) is 0 Å². The molecule has 0 aliphatic rings. The lowest BCUT2D eigenvalue weighted by Gasteiger charge is -2.18. The minimum absolute atomic E-state index is 0. The van der Waals surface area contributed by atoms with Gasteiger partial charge in [0, 0.05) is 0 Å². The Labute approximate surface area is 135 Å². The zero-order valence-electron chi connectivity index (χ0n) is 13.6. The number of nitrogens with two attached hydrogens (primary N) is 1. The zero-order valence-corrected chi connectivity index (χ0v) is 14.4. The van der Waals surface area contributed by atoms with Gasteiger partial charge in [-0.05, 0) is 36.8 Å². The molecule has 0 aromatic heterocycles. The van der Waals surface area contributed by atoms with E-state index < -0.39 is 6.04 Å². The molecule has 1 rings (SSSR count). The fourth-order valence-corrected chi connectivity index (χ4v) is 2.26. The second-order valence-corrected chi connectivity index (χ2v) is 5.96. The van der Waals surface area contributed by atoms with Crippen molar-refractivity contribution in [2.75, 3.05) is 0 Å². The van der Waals surface area contributed by atoms with Gasteiger partial charge in [-0.2, -0.15) is 0 Å². The van der Waals surface area contributed by atoms with E-state index in [1.54, 1.807) is 0 Å². The molecular weight excluding hydrogens is 284 g/mol. The first kappa shape index (κ1) is 19.9. The van der Waals surface area contributed by atoms with Crippen molar-refractivity contribution < 1.29 is 4.79 Å². The standard InChI is InChI=1S/C17H28N2O.ClH/c1-5-6-16(18)17(20)19-13(4)15-9-7-14(8-10-15)11-12(2)3;/h7-10,12-13,16H,5-6,11,18H2,1-4H3,(H,19,20);1H. The van der Waals surface area contributed by atoms with Crippen LogP contribution in [0, 0.1) is 5.92 Å². The van der Waals surface area contributed by atoms with Crippen LogP contribution in [0.1, 0.15) is 57.7 Å². The summed E-state index contributed by atoms with van der Waals surface area (Å²) in [6, 6.07) is 8.07. The molecule has 3 nitrogen and oxygen atoms in total. The van der Waals surface area contributed by atoms with Gasteiger partial charge in [0.1, 0.15) is 0 Å². The third-order valence-corrected chi connectivity index (χ3v) is 3.42. The van der Waals surface area contributed by atoms with E-state index >= 15 is 0 Å². The Morgan fingerprint density at radius 3 is 2.24 bits per heavy atom. The first-order valence-corrected chi connectivity index (χ1v) is 7.58. The summed E-state index contributed by atoms with van der Waals surface area (Å²) in [6.45, 7) is 8.45. The van der Waals surface area contributed by atoms with E-state index in [4.69, 9.17) is 5.73 Å². The summed E-state index contributed by atoms with van der Waals surface area (Å²) in [7, 11) is 0. The molecule has 1 aromatic rings. The van der Waals surface area contributed by atoms with Gasteiger partial charge in [-0.15, -0.1) is 12.4 Å². The first-order valence-electron chi connectivity index (χ1n) is 7.58. The number of halogens is 1. The molecule has 0 heterocycles. The van der Waals surface area contributed by atoms with Gasteiger partial charge < -0.3 is 11.1 Å². The van der Waals surface area contributed by atoms with E-state index in [-0.39, 0.29) is 24.4 Å². The molecule has 4 heteroatoms. The zero-order chi connectivity index (χ0) is 15.1. The molecule has 1 amide bonds. The van der Waals surface area contributed by atoms with Gasteiger partial charge in [0.2, 0.25) is 5.91 Å². The summed E-state index contributed by atoms with van der Waals surface area (Å²) >= 11 is 0. The highest BCUT2D eigenvalue weighted by Gasteiger charge is 2.15. The Morgan fingerprint density at radius 1 is 1.19 bits per heavy atom. The third kappa shape index (κ3) is 6.96. The maximum Gasteiger partial charge on any atom is 0.237 e. The smallest absolute Gasteiger partial charge is 0.237 e. The molecule has 0 saturated carbocycles. The van der Waals surface area contributed by atoms with E-state index in [1.165, 1.54) is 5.56 Å². The second kappa shape index (κ2) is 9.80. The molecule has 120 valence electrons. The molecule has 0 radical (unpaired) electrons. The van der Waals surface area contributed by atoms with Gasteiger partial charge in [0.05, 0.1) is 12.1 Å². The van der Waals surface area contributed by atoms with Crippen molar-refractivity contribution in [1.82, 2.24) is 5.32 Å². The highest BCUT2D eigenvalue weighted by atomic mass is 35.5. The van der Waals surface area contributed by atoms with Crippen LogP contribution in [0.4, 0.5) is 0 Å². The van der Waals surface area contributed by atoms with Crippen molar-refractivity contribution >= 4 is 18.3 Å². The number of carbonyl (C=O) groups is 1. The summed E-state index contributed by atoms with van der Waals surface area (Å²) in [5.41, 5.74) is 8.28. The molecule has 0 fully saturated rings. The summed E-state index contributed by atoms with van der Waals surface area (Å²) in [4.78, 5) is 11.9. The minimum atomic E-state index is -0.400. The van der Waals surface area contributed by atoms with Crippen molar-refractivity contribution in [1.29, 1.82) is 0 Å². The average Bonchev–Trinajstić information content (AvgIpc) is 2.39. The molecule has 2 unspecified atom stereocenters. The molecule has 0 bridgehead atoms. The molecule has 3 N–H and O–H groups in total. The number of nitrogens with one attached hydrogen (secondary N) is 1. The number of amides is 1. The average molecular weight is 313 g/mol. The third-order valence-electron chi connectivity index (χ3n) is 3.42. The van der Waals surface area contributed by atoms with Crippen LogP contribution in [-0.2, 0) is 11.2 Å². The maximum absolute atomic E-state index is 11.9. The van der Waals surface area contributed by atoms with Crippen molar-refractivity contribution in [3.63, 3.8) is 0 Å². The van der Waals surface area contributed by atoms with E-state index in [1.807, 2.05) is 13.8 Å². The maximum atomic E-state index is 11.9. The molecular formula is C17H29ClN2O. The van der Waals surface area contributed by atoms with Crippen molar-refractivity contribution in [2.24, 2.45) is 11.7 Å². The lowest BCUT2D eigenvalue weighted by atomic mass is 10.00. The minimum Gasteiger partial charge on any atom is -0.348 e. The highest BCUT2D eigenvalue weighted by molar-refractivity contribution is 5.85. The van der Waals surface area contributed by atoms with Crippen LogP contribution in [0.3, 0.4) is 0 Å². The Hall–Kier alpha value is -1.06. The van der Waals surface area contributed by atoms with Crippen LogP contribution >= 0.6 is 12.4 Å². The molecule has 21 heavy (non-hydrogen) atoms. The van der Waals surface area contributed by atoms with Gasteiger partial charge in [0.15, 0.2) is 0 Å². The van der Waals surface area contributed by atoms with Gasteiger partial charge in [-0.1, -0.05) is 51.5 Å². The fourth-order valence-electron chi connectivity index (χ4n) is 2.26. The number of hydrogen-bond donors (Lipinski definition) is 2. The topological polar surface area (TPSA) is 55.1 Å². The monoisotopic (exact) mass is 312 g/mol. The van der Waals surface area contributed by atoms with Crippen molar-refractivity contribution in [2.45, 2.75) is 59.0 Å². The molecule has 0 spiro atoms. The van der Waals surface area contributed by atoms with Crippen LogP contribution in [0.5, 0.6) is 0 Å². The van der Waals surface area contributed by atoms with Gasteiger partial charge in [-0.3, -0.25) is 4.79 Å². The normalized spacial score (nSPS) is 13.4. The Kier molecular flexibility index (Phi) is 9.31. The SMILES string of the molecule is CCCC(N)C(=O)NC(C)c1ccc(CC(C)C)cc1.Cl. The number of benzene rings is 1. The molecule has 1 aromatic carbocycles. The number of carbonyl (C=O) groups excluding carboxylic acids is 1. The number of rotatable bonds is 7. The fraction of sp³-hybridized carbons (Fsp3) is 0.588. The highest BCUT2D eigenvalue weighted by Crippen LogP contribution is 2.15. The Bertz CT molecular complexity index is 417. The van der Waals surface area contributed by atoms with Gasteiger partial charge >= 0.3 is 0 Å². The van der Waals surface area contributed by atoms with Crippen LogP contribution in [0.25, 0.3) is 0 Å². The van der Waals surface area contributed by atoms with E-state index in [0.29, 0.717) is 5.92 Å². The van der Waals surface area contributed by atoms with Crippen LogP contribution < -0.4 is 11.1 Å². The van der Waals surface area contributed by atoms with Crippen LogP contribution in [0.15, 0.2) is 24.3 Å². The van der Waals surface area contributed by atoms with E-state index in [2.05, 4.69) is 43.4 Å². The van der Waals surface area contributed by atoms with Crippen molar-refractivity contribution in [3.05, 3.63) is 35.4 Å². The molecule has 2 atom stereocenters.